The minimum Gasteiger partial charge on any atom is -0.508 e. The van der Waals surface area contributed by atoms with Crippen molar-refractivity contribution >= 4 is 12.2 Å². The molecule has 0 radical (unpaired) electrons. The number of hydrogen-bond acceptors (Lipinski definition) is 2. The zero-order chi connectivity index (χ0) is 18.4. The van der Waals surface area contributed by atoms with Crippen molar-refractivity contribution in [2.45, 2.75) is 26.7 Å². The molecule has 0 saturated carbocycles. The van der Waals surface area contributed by atoms with E-state index in [9.17, 15) is 5.11 Å². The molecule has 0 fully saturated rings. The molecule has 0 bridgehead atoms. The van der Waals surface area contributed by atoms with Crippen LogP contribution in [0.3, 0.4) is 0 Å². The Hall–Kier alpha value is -3.00. The van der Waals surface area contributed by atoms with E-state index < -0.39 is 0 Å². The van der Waals surface area contributed by atoms with Gasteiger partial charge in [0.05, 0.1) is 0 Å². The van der Waals surface area contributed by atoms with E-state index in [0.29, 0.717) is 11.7 Å². The molecule has 0 unspecified atom stereocenters. The lowest BCUT2D eigenvalue weighted by Crippen LogP contribution is -2.19. The van der Waals surface area contributed by atoms with Crippen LogP contribution in [-0.2, 0) is 0 Å². The Morgan fingerprint density at radius 2 is 1.65 bits per heavy atom. The van der Waals surface area contributed by atoms with Crippen molar-refractivity contribution in [3.63, 3.8) is 0 Å². The molecule has 0 atom stereocenters. The van der Waals surface area contributed by atoms with Crippen molar-refractivity contribution in [2.24, 2.45) is 0 Å². The van der Waals surface area contributed by atoms with Gasteiger partial charge in [0.1, 0.15) is 17.2 Å². The first-order valence-electron chi connectivity index (χ1n) is 8.89. The highest BCUT2D eigenvalue weighted by Crippen LogP contribution is 2.38. The topological polar surface area (TPSA) is 29.5 Å². The van der Waals surface area contributed by atoms with Gasteiger partial charge < -0.3 is 9.84 Å². The summed E-state index contributed by atoms with van der Waals surface area (Å²) >= 11 is 0. The van der Waals surface area contributed by atoms with Crippen molar-refractivity contribution < 1.29 is 9.84 Å². The van der Waals surface area contributed by atoms with E-state index in [-0.39, 0.29) is 5.75 Å². The largest absolute Gasteiger partial charge is 0.508 e. The third-order valence-electron chi connectivity index (χ3n) is 4.96. The molecule has 0 aliphatic carbocycles. The van der Waals surface area contributed by atoms with Gasteiger partial charge in [-0.2, -0.15) is 0 Å². The van der Waals surface area contributed by atoms with E-state index in [1.807, 2.05) is 18.2 Å². The Labute approximate surface area is 153 Å². The highest BCUT2D eigenvalue weighted by Gasteiger charge is 2.21. The van der Waals surface area contributed by atoms with Crippen molar-refractivity contribution in [1.82, 2.24) is 0 Å². The number of phenolic OH excluding ortho intramolecular Hbond substituents is 1. The molecule has 3 aromatic rings. The summed E-state index contributed by atoms with van der Waals surface area (Å²) in [4.78, 5) is 0. The van der Waals surface area contributed by atoms with Gasteiger partial charge in [0.15, 0.2) is 0 Å². The molecule has 26 heavy (non-hydrogen) atoms. The van der Waals surface area contributed by atoms with E-state index in [1.54, 1.807) is 12.1 Å². The number of benzene rings is 3. The van der Waals surface area contributed by atoms with Crippen molar-refractivity contribution in [3.8, 4) is 17.2 Å². The third-order valence-corrected chi connectivity index (χ3v) is 4.96. The van der Waals surface area contributed by atoms with E-state index in [4.69, 9.17) is 4.74 Å². The molecule has 4 rings (SSSR count). The van der Waals surface area contributed by atoms with Crippen molar-refractivity contribution in [3.05, 3.63) is 87.3 Å². The second kappa shape index (κ2) is 6.06. The lowest BCUT2D eigenvalue weighted by molar-refractivity contribution is 0.450. The second-order valence-electron chi connectivity index (χ2n) is 7.22. The van der Waals surface area contributed by atoms with Crippen LogP contribution < -0.4 is 15.2 Å². The van der Waals surface area contributed by atoms with E-state index >= 15 is 0 Å². The van der Waals surface area contributed by atoms with Crippen LogP contribution in [0.25, 0.3) is 12.2 Å². The molecular weight excluding hydrogens is 320 g/mol. The van der Waals surface area contributed by atoms with Crippen LogP contribution in [-0.4, -0.2) is 5.11 Å². The molecule has 1 aliphatic rings. The Kier molecular flexibility index (Phi) is 3.84. The summed E-state index contributed by atoms with van der Waals surface area (Å²) in [6.45, 7) is 10.6. The number of rotatable bonds is 2. The van der Waals surface area contributed by atoms with Gasteiger partial charge in [0.25, 0.3) is 0 Å². The molecule has 2 heteroatoms. The van der Waals surface area contributed by atoms with Gasteiger partial charge in [0.2, 0.25) is 0 Å². The van der Waals surface area contributed by atoms with Gasteiger partial charge in [0, 0.05) is 22.4 Å². The first-order valence-corrected chi connectivity index (χ1v) is 8.89. The first-order chi connectivity index (χ1) is 12.4. The van der Waals surface area contributed by atoms with Gasteiger partial charge in [-0.3, -0.25) is 0 Å². The average molecular weight is 342 g/mol. The molecule has 3 aromatic carbocycles. The van der Waals surface area contributed by atoms with E-state index in [2.05, 4.69) is 51.6 Å². The lowest BCUT2D eigenvalue weighted by Gasteiger charge is -2.23. The van der Waals surface area contributed by atoms with Crippen LogP contribution in [0.4, 0.5) is 0 Å². The summed E-state index contributed by atoms with van der Waals surface area (Å²) < 4.78 is 6.07. The molecule has 0 saturated heterocycles. The molecule has 0 amide bonds. The number of ether oxygens (including phenoxy) is 1. The fourth-order valence-electron chi connectivity index (χ4n) is 3.54. The van der Waals surface area contributed by atoms with Gasteiger partial charge in [-0.25, -0.2) is 0 Å². The summed E-state index contributed by atoms with van der Waals surface area (Å²) in [5, 5.41) is 11.9. The Balaban J connectivity index is 2.07. The molecule has 1 aliphatic heterocycles. The monoisotopic (exact) mass is 342 g/mol. The highest BCUT2D eigenvalue weighted by molar-refractivity contribution is 5.86. The SMILES string of the molecule is C=c1ccc2c(c1)Oc1cc(O)ccc1C=2c1ccc(C(C)C)cc1C. The summed E-state index contributed by atoms with van der Waals surface area (Å²) in [5.74, 6) is 2.14. The number of phenols is 1. The van der Waals surface area contributed by atoms with Gasteiger partial charge in [-0.15, -0.1) is 0 Å². The molecule has 1 heterocycles. The van der Waals surface area contributed by atoms with E-state index in [1.165, 1.54) is 16.7 Å². The lowest BCUT2D eigenvalue weighted by atomic mass is 9.88. The second-order valence-corrected chi connectivity index (χ2v) is 7.22. The standard InChI is InChI=1S/C24H22O2/c1-14(2)17-6-9-19(16(4)12-17)24-20-8-5-15(3)11-22(20)26-23-13-18(25)7-10-21(23)24/h5-14,25H,3H2,1-2,4H3. The van der Waals surface area contributed by atoms with Crippen LogP contribution in [0.5, 0.6) is 17.2 Å². The Morgan fingerprint density at radius 1 is 0.885 bits per heavy atom. The number of aromatic hydroxyl groups is 1. The summed E-state index contributed by atoms with van der Waals surface area (Å²) in [6.07, 6.45) is 0. The number of fused-ring (bicyclic) bond motifs is 2. The van der Waals surface area contributed by atoms with Gasteiger partial charge >= 0.3 is 0 Å². The fourth-order valence-corrected chi connectivity index (χ4v) is 3.54. The van der Waals surface area contributed by atoms with Gasteiger partial charge in [-0.1, -0.05) is 50.8 Å². The minimum atomic E-state index is 0.198. The summed E-state index contributed by atoms with van der Waals surface area (Å²) in [5.41, 5.74) is 5.87. The first kappa shape index (κ1) is 16.5. The molecule has 0 aromatic heterocycles. The maximum atomic E-state index is 9.90. The molecule has 130 valence electrons. The zero-order valence-electron chi connectivity index (χ0n) is 15.3. The smallest absolute Gasteiger partial charge is 0.139 e. The predicted molar refractivity (Wildman–Crippen MR) is 106 cm³/mol. The predicted octanol–water partition coefficient (Wildman–Crippen LogP) is 4.59. The normalized spacial score (nSPS) is 12.5. The maximum absolute atomic E-state index is 9.90. The Morgan fingerprint density at radius 3 is 2.38 bits per heavy atom. The minimum absolute atomic E-state index is 0.198. The highest BCUT2D eigenvalue weighted by atomic mass is 16.5. The maximum Gasteiger partial charge on any atom is 0.139 e. The van der Waals surface area contributed by atoms with E-state index in [0.717, 1.165) is 27.3 Å². The average Bonchev–Trinajstić information content (AvgIpc) is 2.59. The summed E-state index contributed by atoms with van der Waals surface area (Å²) in [6, 6.07) is 18.0. The third kappa shape index (κ3) is 2.68. The molecule has 1 N–H and O–H groups in total. The fraction of sp³-hybridized carbons (Fsp3) is 0.167. The van der Waals surface area contributed by atoms with Crippen LogP contribution in [0, 0.1) is 6.92 Å². The van der Waals surface area contributed by atoms with Crippen LogP contribution >= 0.6 is 0 Å². The van der Waals surface area contributed by atoms with Crippen LogP contribution in [0.2, 0.25) is 0 Å². The number of aryl methyl sites for hydroxylation is 1. The van der Waals surface area contributed by atoms with Crippen LogP contribution in [0.1, 0.15) is 42.0 Å². The molecular formula is C24H22O2. The van der Waals surface area contributed by atoms with Gasteiger partial charge in [-0.05, 0) is 52.9 Å². The summed E-state index contributed by atoms with van der Waals surface area (Å²) in [7, 11) is 0. The quantitative estimate of drug-likeness (QED) is 0.577. The molecule has 2 nitrogen and oxygen atoms in total. The number of hydrogen-bond donors (Lipinski definition) is 1. The van der Waals surface area contributed by atoms with Crippen molar-refractivity contribution in [2.75, 3.05) is 0 Å². The molecule has 0 spiro atoms. The zero-order valence-corrected chi connectivity index (χ0v) is 15.3. The van der Waals surface area contributed by atoms with Crippen LogP contribution in [0.15, 0.2) is 54.6 Å². The Bertz CT molecular complexity index is 1120. The van der Waals surface area contributed by atoms with Crippen molar-refractivity contribution in [1.29, 1.82) is 0 Å².